The normalized spacial score (nSPS) is 10.3. The molecule has 2 amide bonds. The number of hydrogen-bond acceptors (Lipinski definition) is 5. The van der Waals surface area contributed by atoms with E-state index >= 15 is 0 Å². The minimum Gasteiger partial charge on any atom is -0.444 e. The number of anilines is 2. The third-order valence-corrected chi connectivity index (χ3v) is 3.56. The molecule has 0 aliphatic heterocycles. The molecule has 2 aromatic rings. The first kappa shape index (κ1) is 17.3. The molecule has 2 rings (SSSR count). The summed E-state index contributed by atoms with van der Waals surface area (Å²) in [5, 5.41) is 2.50. The number of primary amides is 1. The van der Waals surface area contributed by atoms with Crippen LogP contribution in [0.5, 0.6) is 0 Å². The average molecular weight is 329 g/mol. The standard InChI is InChI=1S/C17H19N3O4/c1-9(21)13-10(2)24-17(14(13)15(18)22)19-16(23)11-5-7-12(8-6-11)20(3)4/h5-8H,1-4H3,(H2,18,22)(H,19,23). The molecule has 7 heteroatoms. The lowest BCUT2D eigenvalue weighted by Gasteiger charge is -2.12. The summed E-state index contributed by atoms with van der Waals surface area (Å²) in [6.45, 7) is 2.83. The summed E-state index contributed by atoms with van der Waals surface area (Å²) in [6, 6.07) is 6.88. The number of Topliss-reactive ketones (excluding diaryl/α,β-unsaturated/α-hetero) is 1. The maximum absolute atomic E-state index is 12.3. The van der Waals surface area contributed by atoms with Gasteiger partial charge in [0.05, 0.1) is 5.56 Å². The number of amides is 2. The summed E-state index contributed by atoms with van der Waals surface area (Å²) in [5.74, 6) is -1.55. The quantitative estimate of drug-likeness (QED) is 0.818. The fourth-order valence-corrected chi connectivity index (χ4v) is 2.38. The lowest BCUT2D eigenvalue weighted by Crippen LogP contribution is -2.19. The zero-order valence-electron chi connectivity index (χ0n) is 14.0. The Morgan fingerprint density at radius 3 is 2.12 bits per heavy atom. The number of carbonyl (C=O) groups is 3. The van der Waals surface area contributed by atoms with Crippen LogP contribution in [0.3, 0.4) is 0 Å². The van der Waals surface area contributed by atoms with Crippen LogP contribution in [0.25, 0.3) is 0 Å². The summed E-state index contributed by atoms with van der Waals surface area (Å²) < 4.78 is 5.36. The van der Waals surface area contributed by atoms with E-state index in [1.54, 1.807) is 24.3 Å². The highest BCUT2D eigenvalue weighted by atomic mass is 16.4. The van der Waals surface area contributed by atoms with Gasteiger partial charge in [0.25, 0.3) is 11.8 Å². The first-order valence-electron chi connectivity index (χ1n) is 7.25. The van der Waals surface area contributed by atoms with Crippen molar-refractivity contribution in [3.63, 3.8) is 0 Å². The topological polar surface area (TPSA) is 106 Å². The van der Waals surface area contributed by atoms with Crippen molar-refractivity contribution >= 4 is 29.2 Å². The molecule has 1 aromatic heterocycles. The number of nitrogens with two attached hydrogens (primary N) is 1. The molecule has 24 heavy (non-hydrogen) atoms. The number of furan rings is 1. The second kappa shape index (κ2) is 6.57. The van der Waals surface area contributed by atoms with Crippen molar-refractivity contribution in [2.24, 2.45) is 5.73 Å². The van der Waals surface area contributed by atoms with Gasteiger partial charge in [-0.3, -0.25) is 19.7 Å². The molecule has 0 fully saturated rings. The lowest BCUT2D eigenvalue weighted by atomic mass is 10.1. The second-order valence-corrected chi connectivity index (χ2v) is 5.55. The molecule has 1 aromatic carbocycles. The summed E-state index contributed by atoms with van der Waals surface area (Å²) in [5.41, 5.74) is 6.62. The first-order valence-corrected chi connectivity index (χ1v) is 7.25. The van der Waals surface area contributed by atoms with Crippen molar-refractivity contribution in [1.82, 2.24) is 0 Å². The zero-order chi connectivity index (χ0) is 18.0. The van der Waals surface area contributed by atoms with Crippen LogP contribution in [0.4, 0.5) is 11.6 Å². The number of rotatable bonds is 5. The van der Waals surface area contributed by atoms with Crippen molar-refractivity contribution in [1.29, 1.82) is 0 Å². The van der Waals surface area contributed by atoms with Gasteiger partial charge in [0.1, 0.15) is 11.3 Å². The van der Waals surface area contributed by atoms with E-state index in [0.717, 1.165) is 5.69 Å². The van der Waals surface area contributed by atoms with Gasteiger partial charge in [-0.1, -0.05) is 0 Å². The van der Waals surface area contributed by atoms with E-state index < -0.39 is 11.8 Å². The van der Waals surface area contributed by atoms with Crippen LogP contribution < -0.4 is 16.0 Å². The molecule has 0 radical (unpaired) electrons. The van der Waals surface area contributed by atoms with Crippen LogP contribution in [-0.2, 0) is 0 Å². The number of nitrogens with one attached hydrogen (secondary N) is 1. The van der Waals surface area contributed by atoms with Gasteiger partial charge in [0, 0.05) is 25.3 Å². The average Bonchev–Trinajstić information content (AvgIpc) is 2.83. The van der Waals surface area contributed by atoms with Gasteiger partial charge in [-0.2, -0.15) is 0 Å². The van der Waals surface area contributed by atoms with Gasteiger partial charge in [0.15, 0.2) is 5.78 Å². The van der Waals surface area contributed by atoms with Crippen LogP contribution in [0.1, 0.15) is 43.8 Å². The predicted molar refractivity (Wildman–Crippen MR) is 90.7 cm³/mol. The number of hydrogen-bond donors (Lipinski definition) is 2. The summed E-state index contributed by atoms with van der Waals surface area (Å²) in [4.78, 5) is 37.6. The first-order chi connectivity index (χ1) is 11.2. The highest BCUT2D eigenvalue weighted by Crippen LogP contribution is 2.27. The molecule has 0 aliphatic rings. The fourth-order valence-electron chi connectivity index (χ4n) is 2.38. The number of ketones is 1. The van der Waals surface area contributed by atoms with E-state index in [-0.39, 0.29) is 28.6 Å². The second-order valence-electron chi connectivity index (χ2n) is 5.55. The monoisotopic (exact) mass is 329 g/mol. The van der Waals surface area contributed by atoms with E-state index in [4.69, 9.17) is 10.2 Å². The Morgan fingerprint density at radius 1 is 1.08 bits per heavy atom. The summed E-state index contributed by atoms with van der Waals surface area (Å²) >= 11 is 0. The van der Waals surface area contributed by atoms with Crippen molar-refractivity contribution in [3.05, 3.63) is 46.7 Å². The van der Waals surface area contributed by atoms with Gasteiger partial charge < -0.3 is 15.1 Å². The number of carbonyl (C=O) groups excluding carboxylic acids is 3. The van der Waals surface area contributed by atoms with Crippen LogP contribution in [0, 0.1) is 6.92 Å². The SMILES string of the molecule is CC(=O)c1c(C)oc(NC(=O)c2ccc(N(C)C)cc2)c1C(N)=O. The smallest absolute Gasteiger partial charge is 0.257 e. The van der Waals surface area contributed by atoms with Crippen molar-refractivity contribution < 1.29 is 18.8 Å². The molecule has 0 bridgehead atoms. The Hall–Kier alpha value is -3.09. The third-order valence-electron chi connectivity index (χ3n) is 3.56. The molecule has 1 heterocycles. The largest absolute Gasteiger partial charge is 0.444 e. The van der Waals surface area contributed by atoms with E-state index in [1.165, 1.54) is 13.8 Å². The summed E-state index contributed by atoms with van der Waals surface area (Å²) in [6.07, 6.45) is 0. The van der Waals surface area contributed by atoms with Crippen LogP contribution >= 0.6 is 0 Å². The van der Waals surface area contributed by atoms with Gasteiger partial charge in [-0.05, 0) is 38.1 Å². The zero-order valence-corrected chi connectivity index (χ0v) is 14.0. The number of aryl methyl sites for hydroxylation is 1. The Kier molecular flexibility index (Phi) is 4.73. The van der Waals surface area contributed by atoms with Crippen LogP contribution in [0.15, 0.2) is 28.7 Å². The molecule has 126 valence electrons. The maximum Gasteiger partial charge on any atom is 0.257 e. The Balaban J connectivity index is 2.34. The molecule has 0 unspecified atom stereocenters. The molecule has 0 atom stereocenters. The van der Waals surface area contributed by atoms with E-state index in [1.807, 2.05) is 19.0 Å². The van der Waals surface area contributed by atoms with Gasteiger partial charge in [-0.25, -0.2) is 0 Å². The van der Waals surface area contributed by atoms with Gasteiger partial charge in [-0.15, -0.1) is 0 Å². The van der Waals surface area contributed by atoms with E-state index in [9.17, 15) is 14.4 Å². The van der Waals surface area contributed by atoms with E-state index in [0.29, 0.717) is 5.56 Å². The molecular weight excluding hydrogens is 310 g/mol. The minimum atomic E-state index is -0.838. The Bertz CT molecular complexity index is 804. The molecule has 7 nitrogen and oxygen atoms in total. The van der Waals surface area contributed by atoms with Crippen molar-refractivity contribution in [2.45, 2.75) is 13.8 Å². The van der Waals surface area contributed by atoms with Crippen molar-refractivity contribution in [3.8, 4) is 0 Å². The molecule has 0 aliphatic carbocycles. The minimum absolute atomic E-state index is 0.0840. The van der Waals surface area contributed by atoms with Crippen LogP contribution in [0.2, 0.25) is 0 Å². The molecule has 3 N–H and O–H groups in total. The molecular formula is C17H19N3O4. The number of nitrogens with zero attached hydrogens (tertiary/aromatic N) is 1. The molecule has 0 saturated carbocycles. The number of benzene rings is 1. The van der Waals surface area contributed by atoms with E-state index in [2.05, 4.69) is 5.32 Å². The highest BCUT2D eigenvalue weighted by Gasteiger charge is 2.26. The third kappa shape index (κ3) is 3.29. The highest BCUT2D eigenvalue weighted by molar-refractivity contribution is 6.13. The van der Waals surface area contributed by atoms with Crippen LogP contribution in [-0.4, -0.2) is 31.7 Å². The maximum atomic E-state index is 12.3. The van der Waals surface area contributed by atoms with Crippen molar-refractivity contribution in [2.75, 3.05) is 24.3 Å². The Labute approximate surface area is 139 Å². The lowest BCUT2D eigenvalue weighted by molar-refractivity contribution is 0.0974. The fraction of sp³-hybridized carbons (Fsp3) is 0.235. The Morgan fingerprint density at radius 2 is 1.67 bits per heavy atom. The summed E-state index contributed by atoms with van der Waals surface area (Å²) in [7, 11) is 3.78. The van der Waals surface area contributed by atoms with Gasteiger partial charge in [0.2, 0.25) is 5.88 Å². The molecule has 0 saturated heterocycles. The predicted octanol–water partition coefficient (Wildman–Crippen LogP) is 2.21. The molecule has 0 spiro atoms. The van der Waals surface area contributed by atoms with Gasteiger partial charge >= 0.3 is 0 Å².